The van der Waals surface area contributed by atoms with Gasteiger partial charge in [0.15, 0.2) is 0 Å². The molecule has 0 saturated carbocycles. The monoisotopic (exact) mass is 369 g/mol. The van der Waals surface area contributed by atoms with Crippen molar-refractivity contribution < 1.29 is 18.8 Å². The predicted molar refractivity (Wildman–Crippen MR) is 100 cm³/mol. The summed E-state index contributed by atoms with van der Waals surface area (Å²) in [6.45, 7) is 1.85. The summed E-state index contributed by atoms with van der Waals surface area (Å²) in [7, 11) is 1.50. The largest absolute Gasteiger partial charge is 0.355 e. The van der Waals surface area contributed by atoms with Crippen LogP contribution in [0.1, 0.15) is 22.3 Å². The molecule has 2 aromatic carbocycles. The van der Waals surface area contributed by atoms with Crippen molar-refractivity contribution in [1.29, 1.82) is 0 Å². The fourth-order valence-electron chi connectivity index (χ4n) is 3.11. The number of rotatable bonds is 4. The zero-order valence-electron chi connectivity index (χ0n) is 15.1. The number of hydrogen-bond donors (Lipinski definition) is 2. The highest BCUT2D eigenvalue weighted by molar-refractivity contribution is 6.07. The first-order valence-corrected chi connectivity index (χ1v) is 8.59. The molecule has 3 amide bonds. The van der Waals surface area contributed by atoms with Crippen LogP contribution in [-0.4, -0.2) is 31.3 Å². The van der Waals surface area contributed by atoms with Gasteiger partial charge in [-0.3, -0.25) is 14.4 Å². The molecule has 0 aromatic heterocycles. The number of carbonyl (C=O) groups excluding carboxylic acids is 3. The lowest BCUT2D eigenvalue weighted by Gasteiger charge is -2.18. The fraction of sp³-hybridized carbons (Fsp3) is 0.250. The van der Waals surface area contributed by atoms with Crippen LogP contribution < -0.4 is 15.5 Å². The Kier molecular flexibility index (Phi) is 5.21. The van der Waals surface area contributed by atoms with Gasteiger partial charge in [-0.2, -0.15) is 0 Å². The Morgan fingerprint density at radius 2 is 1.93 bits per heavy atom. The van der Waals surface area contributed by atoms with Crippen molar-refractivity contribution in [3.63, 3.8) is 0 Å². The highest BCUT2D eigenvalue weighted by Crippen LogP contribution is 2.29. The van der Waals surface area contributed by atoms with Gasteiger partial charge in [0.05, 0.1) is 22.9 Å². The molecular formula is C20H20FN3O3. The van der Waals surface area contributed by atoms with E-state index in [0.29, 0.717) is 11.3 Å². The van der Waals surface area contributed by atoms with Crippen LogP contribution in [0, 0.1) is 18.7 Å². The Bertz CT molecular complexity index is 913. The van der Waals surface area contributed by atoms with Crippen LogP contribution in [0.5, 0.6) is 0 Å². The molecule has 7 heteroatoms. The molecule has 0 spiro atoms. The first-order chi connectivity index (χ1) is 12.9. The van der Waals surface area contributed by atoms with E-state index in [-0.39, 0.29) is 36.4 Å². The molecule has 1 aliphatic heterocycles. The third kappa shape index (κ3) is 3.81. The molecule has 1 atom stereocenters. The summed E-state index contributed by atoms with van der Waals surface area (Å²) in [5.74, 6) is -2.13. The van der Waals surface area contributed by atoms with Gasteiger partial charge in [0.1, 0.15) is 5.82 Å². The van der Waals surface area contributed by atoms with Crippen LogP contribution in [0.2, 0.25) is 0 Å². The van der Waals surface area contributed by atoms with Gasteiger partial charge in [-0.25, -0.2) is 4.39 Å². The van der Waals surface area contributed by atoms with Crippen LogP contribution >= 0.6 is 0 Å². The molecule has 140 valence electrons. The lowest BCUT2D eigenvalue weighted by Crippen LogP contribution is -2.29. The maximum absolute atomic E-state index is 14.2. The maximum atomic E-state index is 14.2. The van der Waals surface area contributed by atoms with Crippen LogP contribution in [0.15, 0.2) is 42.5 Å². The molecule has 1 fully saturated rings. The minimum atomic E-state index is -0.629. The molecule has 1 saturated heterocycles. The number of nitrogens with zero attached hydrogens (tertiary/aromatic N) is 1. The molecule has 2 aromatic rings. The number of anilines is 2. The number of halogens is 1. The zero-order chi connectivity index (χ0) is 19.6. The summed E-state index contributed by atoms with van der Waals surface area (Å²) < 4.78 is 14.2. The van der Waals surface area contributed by atoms with E-state index in [1.807, 2.05) is 0 Å². The van der Waals surface area contributed by atoms with Gasteiger partial charge in [-0.15, -0.1) is 0 Å². The summed E-state index contributed by atoms with van der Waals surface area (Å²) in [5, 5.41) is 5.23. The smallest absolute Gasteiger partial charge is 0.253 e. The van der Waals surface area contributed by atoms with Crippen molar-refractivity contribution in [3.8, 4) is 0 Å². The summed E-state index contributed by atoms with van der Waals surface area (Å²) >= 11 is 0. The van der Waals surface area contributed by atoms with E-state index >= 15 is 0 Å². The van der Waals surface area contributed by atoms with Crippen LogP contribution in [0.4, 0.5) is 15.8 Å². The summed E-state index contributed by atoms with van der Waals surface area (Å²) in [6.07, 6.45) is -0.0126. The molecule has 0 radical (unpaired) electrons. The van der Waals surface area contributed by atoms with E-state index in [1.165, 1.54) is 18.0 Å². The fourth-order valence-corrected chi connectivity index (χ4v) is 3.11. The zero-order valence-corrected chi connectivity index (χ0v) is 15.1. The number of para-hydroxylation sites is 1. The summed E-state index contributed by atoms with van der Waals surface area (Å²) in [6, 6.07) is 11.2. The molecular weight excluding hydrogens is 349 g/mol. The Morgan fingerprint density at radius 3 is 2.63 bits per heavy atom. The van der Waals surface area contributed by atoms with E-state index in [1.54, 1.807) is 43.3 Å². The lowest BCUT2D eigenvalue weighted by atomic mass is 10.1. The summed E-state index contributed by atoms with van der Waals surface area (Å²) in [4.78, 5) is 38.2. The number of hydrogen-bond acceptors (Lipinski definition) is 3. The van der Waals surface area contributed by atoms with Crippen LogP contribution in [-0.2, 0) is 9.59 Å². The van der Waals surface area contributed by atoms with Gasteiger partial charge in [0, 0.05) is 20.0 Å². The molecule has 27 heavy (non-hydrogen) atoms. The SMILES string of the molecule is CNC(=O)c1ccccc1NC(=O)C1CC(=O)N(c2ccc(C)cc2F)C1. The molecule has 6 nitrogen and oxygen atoms in total. The predicted octanol–water partition coefficient (Wildman–Crippen LogP) is 2.49. The van der Waals surface area contributed by atoms with Crippen molar-refractivity contribution in [1.82, 2.24) is 5.32 Å². The molecule has 0 bridgehead atoms. The Hall–Kier alpha value is -3.22. The topological polar surface area (TPSA) is 78.5 Å². The number of aryl methyl sites for hydroxylation is 1. The van der Waals surface area contributed by atoms with Crippen molar-refractivity contribution in [2.45, 2.75) is 13.3 Å². The van der Waals surface area contributed by atoms with Gasteiger partial charge < -0.3 is 15.5 Å². The van der Waals surface area contributed by atoms with E-state index in [0.717, 1.165) is 5.56 Å². The third-order valence-electron chi connectivity index (χ3n) is 4.55. The number of benzene rings is 2. The van der Waals surface area contributed by atoms with Crippen LogP contribution in [0.3, 0.4) is 0 Å². The molecule has 1 heterocycles. The first kappa shape index (κ1) is 18.6. The molecule has 2 N–H and O–H groups in total. The molecule has 1 unspecified atom stereocenters. The third-order valence-corrected chi connectivity index (χ3v) is 4.55. The van der Waals surface area contributed by atoms with E-state index < -0.39 is 11.7 Å². The summed E-state index contributed by atoms with van der Waals surface area (Å²) in [5.41, 5.74) is 1.63. The van der Waals surface area contributed by atoms with E-state index in [2.05, 4.69) is 10.6 Å². The number of carbonyl (C=O) groups is 3. The maximum Gasteiger partial charge on any atom is 0.253 e. The van der Waals surface area contributed by atoms with Crippen molar-refractivity contribution >= 4 is 29.1 Å². The van der Waals surface area contributed by atoms with Crippen LogP contribution in [0.25, 0.3) is 0 Å². The Labute approximate surface area is 156 Å². The van der Waals surface area contributed by atoms with E-state index in [4.69, 9.17) is 0 Å². The van der Waals surface area contributed by atoms with Crippen molar-refractivity contribution in [2.75, 3.05) is 23.8 Å². The molecule has 3 rings (SSSR count). The minimum absolute atomic E-state index is 0.0126. The van der Waals surface area contributed by atoms with Gasteiger partial charge in [0.25, 0.3) is 5.91 Å². The standard InChI is InChI=1S/C20H20FN3O3/c1-12-7-8-17(15(21)9-12)24-11-13(10-18(24)25)19(26)23-16-6-4-3-5-14(16)20(27)22-2/h3-9,13H,10-11H2,1-2H3,(H,22,27)(H,23,26). The second kappa shape index (κ2) is 7.57. The van der Waals surface area contributed by atoms with E-state index in [9.17, 15) is 18.8 Å². The average molecular weight is 369 g/mol. The quantitative estimate of drug-likeness (QED) is 0.869. The number of amides is 3. The number of nitrogens with one attached hydrogen (secondary N) is 2. The minimum Gasteiger partial charge on any atom is -0.355 e. The Morgan fingerprint density at radius 1 is 1.19 bits per heavy atom. The first-order valence-electron chi connectivity index (χ1n) is 8.59. The second-order valence-electron chi connectivity index (χ2n) is 6.47. The molecule has 1 aliphatic rings. The molecule has 0 aliphatic carbocycles. The van der Waals surface area contributed by atoms with Gasteiger partial charge >= 0.3 is 0 Å². The highest BCUT2D eigenvalue weighted by Gasteiger charge is 2.36. The highest BCUT2D eigenvalue weighted by atomic mass is 19.1. The average Bonchev–Trinajstić information content (AvgIpc) is 3.03. The van der Waals surface area contributed by atoms with Crippen molar-refractivity contribution in [3.05, 3.63) is 59.4 Å². The second-order valence-corrected chi connectivity index (χ2v) is 6.47. The van der Waals surface area contributed by atoms with Gasteiger partial charge in [-0.1, -0.05) is 18.2 Å². The normalized spacial score (nSPS) is 16.3. The lowest BCUT2D eigenvalue weighted by molar-refractivity contribution is -0.122. The van der Waals surface area contributed by atoms with Gasteiger partial charge in [-0.05, 0) is 36.8 Å². The Balaban J connectivity index is 1.76. The van der Waals surface area contributed by atoms with Gasteiger partial charge in [0.2, 0.25) is 11.8 Å². The van der Waals surface area contributed by atoms with Crippen molar-refractivity contribution in [2.24, 2.45) is 5.92 Å².